The van der Waals surface area contributed by atoms with E-state index in [9.17, 15) is 0 Å². The van der Waals surface area contributed by atoms with Gasteiger partial charge in [0, 0.05) is 51.4 Å². The monoisotopic (exact) mass is 443 g/mol. The zero-order valence-corrected chi connectivity index (χ0v) is 18.5. The van der Waals surface area contributed by atoms with Crippen molar-refractivity contribution in [3.63, 3.8) is 0 Å². The van der Waals surface area contributed by atoms with Gasteiger partial charge in [-0.1, -0.05) is 59.6 Å². The van der Waals surface area contributed by atoms with Crippen molar-refractivity contribution in [2.75, 3.05) is 39.3 Å². The van der Waals surface area contributed by atoms with Gasteiger partial charge in [0.05, 0.1) is 10.0 Å². The zero-order valence-electron chi connectivity index (χ0n) is 17.0. The highest BCUT2D eigenvalue weighted by atomic mass is 35.5. The maximum atomic E-state index is 6.21. The highest BCUT2D eigenvalue weighted by Gasteiger charge is 2.11. The Hall–Kier alpha value is -1.82. The van der Waals surface area contributed by atoms with Crippen LogP contribution in [0.5, 0.6) is 5.75 Å². The summed E-state index contributed by atoms with van der Waals surface area (Å²) in [6, 6.07) is 18.2. The molecule has 0 saturated carbocycles. The summed E-state index contributed by atoms with van der Waals surface area (Å²) in [5, 5.41) is 10.6. The summed E-state index contributed by atoms with van der Waals surface area (Å²) in [5.41, 5.74) is 2.18. The van der Waals surface area contributed by atoms with Gasteiger partial charge in [-0.05, 0) is 34.5 Å². The third kappa shape index (κ3) is 5.45. The first-order valence-electron chi connectivity index (χ1n) is 10.4. The molecule has 158 valence electrons. The van der Waals surface area contributed by atoms with Crippen LogP contribution in [0.15, 0.2) is 54.6 Å². The molecule has 0 radical (unpaired) electrons. The van der Waals surface area contributed by atoms with Crippen LogP contribution in [0.3, 0.4) is 0 Å². The molecule has 1 aliphatic rings. The van der Waals surface area contributed by atoms with Gasteiger partial charge in [0.2, 0.25) is 0 Å². The summed E-state index contributed by atoms with van der Waals surface area (Å²) < 4.78 is 6.21. The lowest BCUT2D eigenvalue weighted by Crippen LogP contribution is -2.45. The number of benzene rings is 3. The van der Waals surface area contributed by atoms with E-state index >= 15 is 0 Å². The predicted octanol–water partition coefficient (Wildman–Crippen LogP) is 4.72. The summed E-state index contributed by atoms with van der Waals surface area (Å²) in [4.78, 5) is 2.49. The van der Waals surface area contributed by atoms with Crippen LogP contribution in [0.1, 0.15) is 11.1 Å². The minimum Gasteiger partial charge on any atom is -0.489 e. The van der Waals surface area contributed by atoms with Crippen LogP contribution in [-0.2, 0) is 13.2 Å². The van der Waals surface area contributed by atoms with Gasteiger partial charge in [0.1, 0.15) is 12.4 Å². The number of piperazine rings is 1. The van der Waals surface area contributed by atoms with Crippen LogP contribution in [0.25, 0.3) is 10.8 Å². The molecule has 0 aliphatic carbocycles. The number of hydrogen-bond acceptors (Lipinski definition) is 4. The number of nitrogens with zero attached hydrogens (tertiary/aromatic N) is 1. The predicted molar refractivity (Wildman–Crippen MR) is 126 cm³/mol. The van der Waals surface area contributed by atoms with Gasteiger partial charge in [-0.2, -0.15) is 0 Å². The highest BCUT2D eigenvalue weighted by Crippen LogP contribution is 2.29. The Morgan fingerprint density at radius 3 is 2.63 bits per heavy atom. The molecule has 1 aliphatic heterocycles. The second-order valence-corrected chi connectivity index (χ2v) is 8.38. The van der Waals surface area contributed by atoms with Crippen molar-refractivity contribution < 1.29 is 4.74 Å². The SMILES string of the molecule is Clc1ccc(COc2ccc3ccccc3c2CNCCN2CCNCC2)cc1Cl. The molecule has 4 rings (SSSR count). The fraction of sp³-hybridized carbons (Fsp3) is 0.333. The van der Waals surface area contributed by atoms with Crippen LogP contribution in [0.4, 0.5) is 0 Å². The maximum Gasteiger partial charge on any atom is 0.124 e. The number of hydrogen-bond donors (Lipinski definition) is 2. The third-order valence-electron chi connectivity index (χ3n) is 5.49. The lowest BCUT2D eigenvalue weighted by molar-refractivity contribution is 0.240. The molecular weight excluding hydrogens is 417 g/mol. The zero-order chi connectivity index (χ0) is 20.8. The van der Waals surface area contributed by atoms with Gasteiger partial charge in [-0.25, -0.2) is 0 Å². The average molecular weight is 444 g/mol. The molecule has 1 heterocycles. The molecule has 6 heteroatoms. The molecule has 0 unspecified atom stereocenters. The fourth-order valence-electron chi connectivity index (χ4n) is 3.81. The summed E-state index contributed by atoms with van der Waals surface area (Å²) in [5.74, 6) is 0.898. The van der Waals surface area contributed by atoms with E-state index < -0.39 is 0 Å². The standard InChI is InChI=1S/C24H27Cl2N3O/c25-22-7-5-18(15-23(22)26)17-30-24-8-6-19-3-1-2-4-20(19)21(24)16-28-11-14-29-12-9-27-10-13-29/h1-8,15,27-28H,9-14,16-17H2. The van der Waals surface area contributed by atoms with Gasteiger partial charge in [0.15, 0.2) is 0 Å². The van der Waals surface area contributed by atoms with E-state index in [1.165, 1.54) is 16.3 Å². The first kappa shape index (κ1) is 21.4. The number of rotatable bonds is 8. The second-order valence-electron chi connectivity index (χ2n) is 7.57. The van der Waals surface area contributed by atoms with Gasteiger partial charge < -0.3 is 15.4 Å². The van der Waals surface area contributed by atoms with E-state index in [1.807, 2.05) is 18.2 Å². The molecule has 4 nitrogen and oxygen atoms in total. The van der Waals surface area contributed by atoms with Gasteiger partial charge in [-0.3, -0.25) is 4.90 Å². The Morgan fingerprint density at radius 1 is 0.967 bits per heavy atom. The minimum absolute atomic E-state index is 0.447. The number of ether oxygens (including phenoxy) is 1. The Labute approximate surface area is 188 Å². The average Bonchev–Trinajstić information content (AvgIpc) is 2.78. The van der Waals surface area contributed by atoms with E-state index in [-0.39, 0.29) is 0 Å². The number of fused-ring (bicyclic) bond motifs is 1. The number of nitrogens with one attached hydrogen (secondary N) is 2. The molecule has 0 aromatic heterocycles. The first-order valence-corrected chi connectivity index (χ1v) is 11.2. The van der Waals surface area contributed by atoms with Crippen LogP contribution in [-0.4, -0.2) is 44.2 Å². The lowest BCUT2D eigenvalue weighted by Gasteiger charge is -2.27. The quantitative estimate of drug-likeness (QED) is 0.493. The maximum absolute atomic E-state index is 6.21. The molecule has 0 atom stereocenters. The second kappa shape index (κ2) is 10.5. The van der Waals surface area contributed by atoms with E-state index in [0.717, 1.165) is 57.1 Å². The number of halogens is 2. The molecule has 3 aromatic rings. The molecule has 0 spiro atoms. The topological polar surface area (TPSA) is 36.5 Å². The molecule has 0 bridgehead atoms. The summed E-state index contributed by atoms with van der Waals surface area (Å²) >= 11 is 12.2. The van der Waals surface area contributed by atoms with Gasteiger partial charge in [0.25, 0.3) is 0 Å². The lowest BCUT2D eigenvalue weighted by atomic mass is 10.0. The van der Waals surface area contributed by atoms with E-state index in [0.29, 0.717) is 16.7 Å². The molecule has 1 fully saturated rings. The molecule has 3 aromatic carbocycles. The Balaban J connectivity index is 1.45. The van der Waals surface area contributed by atoms with Crippen LogP contribution in [0.2, 0.25) is 10.0 Å². The Morgan fingerprint density at radius 2 is 1.80 bits per heavy atom. The van der Waals surface area contributed by atoms with Crippen LogP contribution < -0.4 is 15.4 Å². The van der Waals surface area contributed by atoms with Crippen LogP contribution in [0, 0.1) is 0 Å². The third-order valence-corrected chi connectivity index (χ3v) is 6.23. The van der Waals surface area contributed by atoms with E-state index in [2.05, 4.69) is 51.9 Å². The van der Waals surface area contributed by atoms with Gasteiger partial charge in [-0.15, -0.1) is 0 Å². The van der Waals surface area contributed by atoms with E-state index in [4.69, 9.17) is 27.9 Å². The van der Waals surface area contributed by atoms with Gasteiger partial charge >= 0.3 is 0 Å². The first-order chi connectivity index (χ1) is 14.7. The molecule has 2 N–H and O–H groups in total. The van der Waals surface area contributed by atoms with Crippen molar-refractivity contribution in [1.29, 1.82) is 0 Å². The van der Waals surface area contributed by atoms with Crippen LogP contribution >= 0.6 is 23.2 Å². The highest BCUT2D eigenvalue weighted by molar-refractivity contribution is 6.42. The van der Waals surface area contributed by atoms with Crippen molar-refractivity contribution in [2.45, 2.75) is 13.2 Å². The fourth-order valence-corrected chi connectivity index (χ4v) is 4.13. The molecule has 30 heavy (non-hydrogen) atoms. The molecular formula is C24H27Cl2N3O. The van der Waals surface area contributed by atoms with Crippen molar-refractivity contribution in [3.8, 4) is 5.75 Å². The largest absolute Gasteiger partial charge is 0.489 e. The molecule has 0 amide bonds. The van der Waals surface area contributed by atoms with Crippen molar-refractivity contribution in [1.82, 2.24) is 15.5 Å². The molecule has 1 saturated heterocycles. The van der Waals surface area contributed by atoms with Crippen molar-refractivity contribution >= 4 is 34.0 Å². The smallest absolute Gasteiger partial charge is 0.124 e. The van der Waals surface area contributed by atoms with Crippen molar-refractivity contribution in [3.05, 3.63) is 75.8 Å². The summed E-state index contributed by atoms with van der Waals surface area (Å²) in [6.45, 7) is 7.63. The minimum atomic E-state index is 0.447. The van der Waals surface area contributed by atoms with Crippen molar-refractivity contribution in [2.24, 2.45) is 0 Å². The normalized spacial score (nSPS) is 14.9. The van der Waals surface area contributed by atoms with E-state index in [1.54, 1.807) is 0 Å². The summed E-state index contributed by atoms with van der Waals surface area (Å²) in [6.07, 6.45) is 0. The summed E-state index contributed by atoms with van der Waals surface area (Å²) in [7, 11) is 0. The Kier molecular flexibility index (Phi) is 7.47. The Bertz CT molecular complexity index is 989.